The van der Waals surface area contributed by atoms with Crippen molar-refractivity contribution in [3.63, 3.8) is 0 Å². The monoisotopic (exact) mass is 281 g/mol. The number of benzene rings is 1. The SMILES string of the molecule is O=C(c1ccccc1)N1CCC(C2OCC2(F)F)CC1. The van der Waals surface area contributed by atoms with Gasteiger partial charge in [0.05, 0.1) is 0 Å². The number of amides is 1. The van der Waals surface area contributed by atoms with Crippen molar-refractivity contribution in [2.24, 2.45) is 5.92 Å². The van der Waals surface area contributed by atoms with E-state index >= 15 is 0 Å². The molecule has 1 amide bonds. The third-order valence-corrected chi connectivity index (χ3v) is 4.15. The largest absolute Gasteiger partial charge is 0.365 e. The van der Waals surface area contributed by atoms with Gasteiger partial charge in [-0.05, 0) is 30.9 Å². The Balaban J connectivity index is 1.58. The van der Waals surface area contributed by atoms with Crippen molar-refractivity contribution in [1.82, 2.24) is 4.90 Å². The molecule has 20 heavy (non-hydrogen) atoms. The molecule has 2 heterocycles. The molecule has 1 aromatic carbocycles. The van der Waals surface area contributed by atoms with E-state index in [2.05, 4.69) is 0 Å². The summed E-state index contributed by atoms with van der Waals surface area (Å²) in [5, 5.41) is 0. The van der Waals surface area contributed by atoms with Crippen LogP contribution in [0.3, 0.4) is 0 Å². The van der Waals surface area contributed by atoms with Gasteiger partial charge in [0.25, 0.3) is 11.8 Å². The molecule has 1 unspecified atom stereocenters. The Morgan fingerprint density at radius 1 is 1.20 bits per heavy atom. The standard InChI is InChI=1S/C15H17F2NO2/c16-15(17)10-20-13(15)11-6-8-18(9-7-11)14(19)12-4-2-1-3-5-12/h1-5,11,13H,6-10H2. The second-order valence-electron chi connectivity index (χ2n) is 5.49. The van der Waals surface area contributed by atoms with Gasteiger partial charge in [0.2, 0.25) is 0 Å². The topological polar surface area (TPSA) is 29.5 Å². The molecule has 1 aromatic rings. The van der Waals surface area contributed by atoms with Crippen molar-refractivity contribution in [2.75, 3.05) is 19.7 Å². The Labute approximate surface area is 116 Å². The molecule has 0 N–H and O–H groups in total. The quantitative estimate of drug-likeness (QED) is 0.834. The number of ether oxygens (including phenoxy) is 1. The highest BCUT2D eigenvalue weighted by molar-refractivity contribution is 5.94. The highest BCUT2D eigenvalue weighted by Crippen LogP contribution is 2.40. The number of nitrogens with zero attached hydrogens (tertiary/aromatic N) is 1. The van der Waals surface area contributed by atoms with E-state index in [1.165, 1.54) is 0 Å². The molecule has 2 aliphatic rings. The van der Waals surface area contributed by atoms with Crippen LogP contribution in [0, 0.1) is 5.92 Å². The summed E-state index contributed by atoms with van der Waals surface area (Å²) < 4.78 is 31.6. The summed E-state index contributed by atoms with van der Waals surface area (Å²) in [6.07, 6.45) is 0.217. The summed E-state index contributed by atoms with van der Waals surface area (Å²) in [4.78, 5) is 14.0. The average molecular weight is 281 g/mol. The lowest BCUT2D eigenvalue weighted by atomic mass is 9.85. The van der Waals surface area contributed by atoms with Crippen LogP contribution in [0.25, 0.3) is 0 Å². The first-order valence-corrected chi connectivity index (χ1v) is 6.92. The van der Waals surface area contributed by atoms with Crippen LogP contribution < -0.4 is 0 Å². The molecule has 2 saturated heterocycles. The fourth-order valence-corrected chi connectivity index (χ4v) is 2.96. The zero-order valence-electron chi connectivity index (χ0n) is 11.1. The molecule has 3 rings (SSSR count). The number of carbonyl (C=O) groups is 1. The zero-order chi connectivity index (χ0) is 14.2. The fourth-order valence-electron chi connectivity index (χ4n) is 2.96. The van der Waals surface area contributed by atoms with Gasteiger partial charge in [0.1, 0.15) is 12.7 Å². The van der Waals surface area contributed by atoms with E-state index in [0.29, 0.717) is 31.5 Å². The van der Waals surface area contributed by atoms with Crippen molar-refractivity contribution in [3.8, 4) is 0 Å². The van der Waals surface area contributed by atoms with E-state index in [4.69, 9.17) is 4.74 Å². The summed E-state index contributed by atoms with van der Waals surface area (Å²) in [6.45, 7) is 0.587. The lowest BCUT2D eigenvalue weighted by molar-refractivity contribution is -0.283. The number of rotatable bonds is 2. The minimum atomic E-state index is -2.68. The normalized spacial score (nSPS) is 26.1. The number of alkyl halides is 2. The lowest BCUT2D eigenvalue weighted by Crippen LogP contribution is -2.57. The summed E-state index contributed by atoms with van der Waals surface area (Å²) in [5.74, 6) is -2.85. The molecule has 108 valence electrons. The maximum absolute atomic E-state index is 13.3. The molecule has 3 nitrogen and oxygen atoms in total. The average Bonchev–Trinajstić information content (AvgIpc) is 2.47. The summed E-state index contributed by atoms with van der Waals surface area (Å²) in [6, 6.07) is 9.06. The van der Waals surface area contributed by atoms with Crippen molar-refractivity contribution >= 4 is 5.91 Å². The second kappa shape index (κ2) is 5.13. The summed E-state index contributed by atoms with van der Waals surface area (Å²) in [7, 11) is 0. The molecule has 2 aliphatic heterocycles. The van der Waals surface area contributed by atoms with E-state index in [1.54, 1.807) is 17.0 Å². The molecule has 0 aliphatic carbocycles. The van der Waals surface area contributed by atoms with Gasteiger partial charge in [-0.15, -0.1) is 0 Å². The first-order valence-electron chi connectivity index (χ1n) is 6.92. The van der Waals surface area contributed by atoms with Crippen LogP contribution in [-0.4, -0.2) is 42.5 Å². The van der Waals surface area contributed by atoms with Crippen molar-refractivity contribution in [3.05, 3.63) is 35.9 Å². The molecule has 0 aromatic heterocycles. The van der Waals surface area contributed by atoms with Gasteiger partial charge >= 0.3 is 0 Å². The number of piperidine rings is 1. The Bertz CT molecular complexity index is 484. The molecule has 1 atom stereocenters. The van der Waals surface area contributed by atoms with Crippen LogP contribution in [0.4, 0.5) is 8.78 Å². The van der Waals surface area contributed by atoms with Crippen molar-refractivity contribution in [1.29, 1.82) is 0 Å². The van der Waals surface area contributed by atoms with E-state index < -0.39 is 18.6 Å². The molecule has 0 spiro atoms. The Morgan fingerprint density at radius 2 is 1.85 bits per heavy atom. The fraction of sp³-hybridized carbons (Fsp3) is 0.533. The molecule has 5 heteroatoms. The van der Waals surface area contributed by atoms with E-state index in [9.17, 15) is 13.6 Å². The summed E-state index contributed by atoms with van der Waals surface area (Å²) in [5.41, 5.74) is 0.649. The summed E-state index contributed by atoms with van der Waals surface area (Å²) >= 11 is 0. The van der Waals surface area contributed by atoms with Crippen molar-refractivity contribution < 1.29 is 18.3 Å². The predicted molar refractivity (Wildman–Crippen MR) is 69.8 cm³/mol. The Hall–Kier alpha value is -1.49. The molecule has 2 fully saturated rings. The maximum Gasteiger partial charge on any atom is 0.296 e. The van der Waals surface area contributed by atoms with Gasteiger partial charge in [-0.2, -0.15) is 0 Å². The molecule has 0 saturated carbocycles. The number of hydrogen-bond donors (Lipinski definition) is 0. The van der Waals surface area contributed by atoms with Crippen LogP contribution in [0.2, 0.25) is 0 Å². The number of hydrogen-bond acceptors (Lipinski definition) is 2. The third-order valence-electron chi connectivity index (χ3n) is 4.15. The van der Waals surface area contributed by atoms with Crippen LogP contribution >= 0.6 is 0 Å². The van der Waals surface area contributed by atoms with E-state index in [0.717, 1.165) is 0 Å². The van der Waals surface area contributed by atoms with Crippen LogP contribution in [0.5, 0.6) is 0 Å². The molecular formula is C15H17F2NO2. The number of carbonyl (C=O) groups excluding carboxylic acids is 1. The Kier molecular flexibility index (Phi) is 3.46. The molecule has 0 bridgehead atoms. The predicted octanol–water partition coefficient (Wildman–Crippen LogP) is 2.57. The number of halogens is 2. The van der Waals surface area contributed by atoms with Gasteiger partial charge < -0.3 is 9.64 Å². The third kappa shape index (κ3) is 2.42. The van der Waals surface area contributed by atoms with Gasteiger partial charge in [0, 0.05) is 18.7 Å². The smallest absolute Gasteiger partial charge is 0.296 e. The van der Waals surface area contributed by atoms with E-state index in [-0.39, 0.29) is 11.8 Å². The van der Waals surface area contributed by atoms with Gasteiger partial charge in [-0.3, -0.25) is 4.79 Å². The maximum atomic E-state index is 13.3. The molecule has 0 radical (unpaired) electrons. The highest BCUT2D eigenvalue weighted by Gasteiger charge is 2.54. The lowest BCUT2D eigenvalue weighted by Gasteiger charge is -2.44. The minimum Gasteiger partial charge on any atom is -0.365 e. The molecular weight excluding hydrogens is 264 g/mol. The van der Waals surface area contributed by atoms with Gasteiger partial charge in [0.15, 0.2) is 0 Å². The zero-order valence-corrected chi connectivity index (χ0v) is 11.1. The van der Waals surface area contributed by atoms with Crippen molar-refractivity contribution in [2.45, 2.75) is 24.9 Å². The first-order chi connectivity index (χ1) is 9.58. The first kappa shape index (κ1) is 13.5. The van der Waals surface area contributed by atoms with Crippen LogP contribution in [0.1, 0.15) is 23.2 Å². The van der Waals surface area contributed by atoms with E-state index in [1.807, 2.05) is 18.2 Å². The minimum absolute atomic E-state index is 0.0228. The van der Waals surface area contributed by atoms with Gasteiger partial charge in [-0.25, -0.2) is 8.78 Å². The highest BCUT2D eigenvalue weighted by atomic mass is 19.3. The number of likely N-dealkylation sites (tertiary alicyclic amines) is 1. The second-order valence-corrected chi connectivity index (χ2v) is 5.49. The Morgan fingerprint density at radius 3 is 2.35 bits per heavy atom. The van der Waals surface area contributed by atoms with Crippen LogP contribution in [-0.2, 0) is 4.74 Å². The van der Waals surface area contributed by atoms with Gasteiger partial charge in [-0.1, -0.05) is 18.2 Å². The van der Waals surface area contributed by atoms with Crippen LogP contribution in [0.15, 0.2) is 30.3 Å².